The summed E-state index contributed by atoms with van der Waals surface area (Å²) in [4.78, 5) is 1.20. The Balaban J connectivity index is 1.56. The third-order valence-electron chi connectivity index (χ3n) is 4.98. The molecule has 0 aromatic heterocycles. The van der Waals surface area contributed by atoms with Gasteiger partial charge in [0.1, 0.15) is 0 Å². The van der Waals surface area contributed by atoms with Crippen LogP contribution >= 0.6 is 11.8 Å². The van der Waals surface area contributed by atoms with E-state index in [1.807, 2.05) is 48.5 Å². The normalized spacial score (nSPS) is 28.6. The van der Waals surface area contributed by atoms with Gasteiger partial charge < -0.3 is 0 Å². The van der Waals surface area contributed by atoms with Gasteiger partial charge in [0.05, 0.1) is 6.04 Å². The summed E-state index contributed by atoms with van der Waals surface area (Å²) in [5, 5.41) is 0.275. The van der Waals surface area contributed by atoms with Crippen LogP contribution in [0.15, 0.2) is 65.6 Å². The maximum absolute atomic E-state index is 12.7. The van der Waals surface area contributed by atoms with Gasteiger partial charge in [-0.15, -0.1) is 11.8 Å². The number of fused-ring (bicyclic) bond motifs is 1. The molecule has 1 aliphatic carbocycles. The van der Waals surface area contributed by atoms with E-state index < -0.39 is 10.2 Å². The van der Waals surface area contributed by atoms with Crippen LogP contribution in [-0.4, -0.2) is 30.1 Å². The fourth-order valence-corrected chi connectivity index (χ4v) is 6.95. The second kappa shape index (κ2) is 7.11. The van der Waals surface area contributed by atoms with Gasteiger partial charge in [0.2, 0.25) is 0 Å². The molecule has 2 aliphatic rings. The molecule has 2 fully saturated rings. The van der Waals surface area contributed by atoms with Crippen LogP contribution in [0.2, 0.25) is 0 Å². The number of nitrogens with zero attached hydrogens (tertiary/aromatic N) is 1. The number of rotatable bonds is 4. The number of hydrogen-bond donors (Lipinski definition) is 1. The Kier molecular flexibility index (Phi) is 4.86. The summed E-state index contributed by atoms with van der Waals surface area (Å²) in [7, 11) is -3.42. The lowest BCUT2D eigenvalue weighted by Gasteiger charge is -2.34. The van der Waals surface area contributed by atoms with Crippen LogP contribution in [-0.2, 0) is 16.8 Å². The van der Waals surface area contributed by atoms with Crippen LogP contribution in [0.4, 0.5) is 0 Å². The monoisotopic (exact) mass is 374 g/mol. The van der Waals surface area contributed by atoms with Crippen molar-refractivity contribution in [2.45, 2.75) is 48.0 Å². The summed E-state index contributed by atoms with van der Waals surface area (Å²) in [6.07, 6.45) is 3.03. The molecule has 2 aromatic carbocycles. The van der Waals surface area contributed by atoms with Gasteiger partial charge >= 0.3 is 0 Å². The average Bonchev–Trinajstić information content (AvgIpc) is 2.88. The van der Waals surface area contributed by atoms with E-state index in [0.717, 1.165) is 24.8 Å². The minimum atomic E-state index is -3.42. The quantitative estimate of drug-likeness (QED) is 0.892. The highest BCUT2D eigenvalue weighted by molar-refractivity contribution is 8.00. The van der Waals surface area contributed by atoms with Crippen molar-refractivity contribution in [3.63, 3.8) is 0 Å². The third kappa shape index (κ3) is 3.62. The van der Waals surface area contributed by atoms with E-state index in [9.17, 15) is 8.42 Å². The molecule has 0 unspecified atom stereocenters. The van der Waals surface area contributed by atoms with Gasteiger partial charge in [-0.2, -0.15) is 17.4 Å². The molecule has 4 nitrogen and oxygen atoms in total. The molecule has 1 saturated carbocycles. The first-order chi connectivity index (χ1) is 12.1. The Labute approximate surface area is 153 Å². The topological polar surface area (TPSA) is 49.4 Å². The van der Waals surface area contributed by atoms with Crippen molar-refractivity contribution >= 4 is 22.0 Å². The maximum atomic E-state index is 12.7. The Morgan fingerprint density at radius 2 is 1.68 bits per heavy atom. The zero-order valence-electron chi connectivity index (χ0n) is 13.9. The Morgan fingerprint density at radius 3 is 2.40 bits per heavy atom. The lowest BCUT2D eigenvalue weighted by atomic mass is 9.90. The molecule has 2 aromatic rings. The summed E-state index contributed by atoms with van der Waals surface area (Å²) in [6.45, 7) is 0.445. The smallest absolute Gasteiger partial charge is 0.196 e. The summed E-state index contributed by atoms with van der Waals surface area (Å²) in [5.41, 5.74) is 1.03. The number of thioether (sulfide) groups is 1. The molecule has 6 heteroatoms. The lowest BCUT2D eigenvalue weighted by Crippen LogP contribution is -2.45. The third-order valence-corrected chi connectivity index (χ3v) is 7.94. The number of hydrogen-bond acceptors (Lipinski definition) is 3. The molecule has 4 rings (SSSR count). The molecular formula is C19H22N2O2S2. The predicted molar refractivity (Wildman–Crippen MR) is 102 cm³/mol. The first-order valence-corrected chi connectivity index (χ1v) is 11.0. The second-order valence-electron chi connectivity index (χ2n) is 6.65. The van der Waals surface area contributed by atoms with Crippen LogP contribution in [0, 0.1) is 0 Å². The van der Waals surface area contributed by atoms with Crippen LogP contribution < -0.4 is 4.72 Å². The van der Waals surface area contributed by atoms with Crippen molar-refractivity contribution in [1.29, 1.82) is 0 Å². The number of nitrogens with one attached hydrogen (secondary N) is 1. The highest BCUT2D eigenvalue weighted by Crippen LogP contribution is 2.39. The SMILES string of the molecule is O=S1(=O)N[C@@H]2[C@@H](Sc3ccccc3)CCC[C@@H]2N1Cc1ccccc1. The fraction of sp³-hybridized carbons (Fsp3) is 0.368. The van der Waals surface area contributed by atoms with Gasteiger partial charge in [-0.1, -0.05) is 55.0 Å². The van der Waals surface area contributed by atoms with Crippen LogP contribution in [0.25, 0.3) is 0 Å². The molecule has 1 N–H and O–H groups in total. The zero-order valence-corrected chi connectivity index (χ0v) is 15.5. The summed E-state index contributed by atoms with van der Waals surface area (Å²) in [5.74, 6) is 0. The summed E-state index contributed by atoms with van der Waals surface area (Å²) >= 11 is 1.80. The molecule has 0 radical (unpaired) electrons. The maximum Gasteiger partial charge on any atom is 0.280 e. The highest BCUT2D eigenvalue weighted by Gasteiger charge is 2.49. The van der Waals surface area contributed by atoms with E-state index in [2.05, 4.69) is 16.9 Å². The lowest BCUT2D eigenvalue weighted by molar-refractivity contribution is 0.253. The Bertz CT molecular complexity index is 812. The van der Waals surface area contributed by atoms with Crippen molar-refractivity contribution in [2.75, 3.05) is 0 Å². The largest absolute Gasteiger partial charge is 0.280 e. The molecule has 1 aliphatic heterocycles. The molecule has 3 atom stereocenters. The molecular weight excluding hydrogens is 352 g/mol. The van der Waals surface area contributed by atoms with E-state index in [-0.39, 0.29) is 17.3 Å². The van der Waals surface area contributed by atoms with E-state index in [4.69, 9.17) is 0 Å². The summed E-state index contributed by atoms with van der Waals surface area (Å²) in [6, 6.07) is 20.1. The minimum Gasteiger partial charge on any atom is -0.196 e. The molecule has 0 spiro atoms. The summed E-state index contributed by atoms with van der Waals surface area (Å²) < 4.78 is 30.1. The molecule has 1 saturated heterocycles. The van der Waals surface area contributed by atoms with Gasteiger partial charge in [-0.05, 0) is 30.5 Å². The van der Waals surface area contributed by atoms with Gasteiger partial charge in [-0.3, -0.25) is 0 Å². The van der Waals surface area contributed by atoms with Crippen LogP contribution in [0.1, 0.15) is 24.8 Å². The van der Waals surface area contributed by atoms with Gasteiger partial charge in [-0.25, -0.2) is 0 Å². The zero-order chi connectivity index (χ0) is 17.3. The fourth-order valence-electron chi connectivity index (χ4n) is 3.80. The molecule has 0 amide bonds. The van der Waals surface area contributed by atoms with E-state index >= 15 is 0 Å². The van der Waals surface area contributed by atoms with Crippen LogP contribution in [0.5, 0.6) is 0 Å². The standard InChI is InChI=1S/C19H22N2O2S2/c22-25(23)20-19-17(21(25)14-15-8-3-1-4-9-15)12-7-13-18(19)24-16-10-5-2-6-11-16/h1-6,8-11,17-20H,7,12-14H2/t17-,18-,19-/m0/s1. The number of benzene rings is 2. The molecule has 0 bridgehead atoms. The van der Waals surface area contributed by atoms with E-state index in [1.165, 1.54) is 4.90 Å². The van der Waals surface area contributed by atoms with Crippen molar-refractivity contribution in [2.24, 2.45) is 0 Å². The van der Waals surface area contributed by atoms with Gasteiger partial charge in [0.15, 0.2) is 0 Å². The van der Waals surface area contributed by atoms with Crippen molar-refractivity contribution in [1.82, 2.24) is 9.03 Å². The highest BCUT2D eigenvalue weighted by atomic mass is 32.2. The molecule has 25 heavy (non-hydrogen) atoms. The first-order valence-electron chi connectivity index (χ1n) is 8.68. The van der Waals surface area contributed by atoms with Gasteiger partial charge in [0, 0.05) is 22.7 Å². The molecule has 132 valence electrons. The van der Waals surface area contributed by atoms with E-state index in [1.54, 1.807) is 16.1 Å². The van der Waals surface area contributed by atoms with Crippen molar-refractivity contribution in [3.8, 4) is 0 Å². The van der Waals surface area contributed by atoms with Crippen LogP contribution in [0.3, 0.4) is 0 Å². The second-order valence-corrected chi connectivity index (χ2v) is 9.61. The molecule has 1 heterocycles. The van der Waals surface area contributed by atoms with Crippen molar-refractivity contribution < 1.29 is 8.42 Å². The Hall–Kier alpha value is -1.34. The van der Waals surface area contributed by atoms with E-state index in [0.29, 0.717) is 6.54 Å². The average molecular weight is 375 g/mol. The minimum absolute atomic E-state index is 0.0207. The van der Waals surface area contributed by atoms with Crippen molar-refractivity contribution in [3.05, 3.63) is 66.2 Å². The van der Waals surface area contributed by atoms with Gasteiger partial charge in [0.25, 0.3) is 10.2 Å². The first kappa shape index (κ1) is 17.1. The Morgan fingerprint density at radius 1 is 1.00 bits per heavy atom. The predicted octanol–water partition coefficient (Wildman–Crippen LogP) is 3.42.